The number of hydrogen-bond donors (Lipinski definition) is 0. The lowest BCUT2D eigenvalue weighted by Gasteiger charge is -2.36. The number of hydrogen-bond acceptors (Lipinski definition) is 6. The molecule has 1 amide bonds. The molecule has 1 saturated heterocycles. The number of ether oxygens (including phenoxy) is 2. The van der Waals surface area contributed by atoms with Gasteiger partial charge in [0.1, 0.15) is 12.2 Å². The Bertz CT molecular complexity index is 534. The number of nitrogens with zero attached hydrogens (tertiary/aromatic N) is 3. The summed E-state index contributed by atoms with van der Waals surface area (Å²) in [4.78, 5) is 22.6. The predicted octanol–water partition coefficient (Wildman–Crippen LogP) is 3.37. The van der Waals surface area contributed by atoms with Crippen LogP contribution < -0.4 is 4.74 Å². The third kappa shape index (κ3) is 5.57. The van der Waals surface area contributed by atoms with Crippen molar-refractivity contribution in [3.8, 4) is 5.88 Å². The van der Waals surface area contributed by atoms with Crippen molar-refractivity contribution in [1.82, 2.24) is 14.9 Å². The monoisotopic (exact) mass is 339 g/mol. The fourth-order valence-electron chi connectivity index (χ4n) is 2.42. The van der Waals surface area contributed by atoms with E-state index in [0.29, 0.717) is 24.2 Å². The molecule has 0 radical (unpaired) electrons. The molecule has 0 aromatic carbocycles. The van der Waals surface area contributed by atoms with Gasteiger partial charge in [0.25, 0.3) is 0 Å². The average molecular weight is 339 g/mol. The van der Waals surface area contributed by atoms with Crippen LogP contribution in [0.3, 0.4) is 0 Å². The van der Waals surface area contributed by atoms with Crippen molar-refractivity contribution < 1.29 is 14.3 Å². The minimum absolute atomic E-state index is 0.0197. The van der Waals surface area contributed by atoms with Gasteiger partial charge in [-0.2, -0.15) is 4.98 Å². The first-order chi connectivity index (χ1) is 10.9. The van der Waals surface area contributed by atoms with Crippen LogP contribution in [0.2, 0.25) is 0 Å². The molecular formula is C16H25N3O3S. The van der Waals surface area contributed by atoms with E-state index in [2.05, 4.69) is 9.97 Å². The van der Waals surface area contributed by atoms with E-state index in [9.17, 15) is 4.79 Å². The van der Waals surface area contributed by atoms with Gasteiger partial charge in [-0.1, -0.05) is 11.8 Å². The van der Waals surface area contributed by atoms with E-state index in [1.807, 2.05) is 27.0 Å². The molecule has 0 N–H and O–H groups in total. The minimum Gasteiger partial charge on any atom is -0.475 e. The molecule has 7 heteroatoms. The van der Waals surface area contributed by atoms with Crippen LogP contribution in [-0.2, 0) is 4.74 Å². The summed E-state index contributed by atoms with van der Waals surface area (Å²) >= 11 is 1.47. The summed E-state index contributed by atoms with van der Waals surface area (Å²) in [5, 5.41) is 0.676. The van der Waals surface area contributed by atoms with E-state index in [0.717, 1.165) is 19.3 Å². The third-order valence-electron chi connectivity index (χ3n) is 3.47. The second-order valence-electron chi connectivity index (χ2n) is 6.52. The first-order valence-corrected chi connectivity index (χ1v) is 9.11. The van der Waals surface area contributed by atoms with Crippen molar-refractivity contribution in [2.75, 3.05) is 19.4 Å². The second kappa shape index (κ2) is 7.86. The minimum atomic E-state index is -0.486. The highest BCUT2D eigenvalue weighted by molar-refractivity contribution is 7.98. The van der Waals surface area contributed by atoms with E-state index in [4.69, 9.17) is 9.47 Å². The SMILES string of the molecule is CSc1nccc(OC[C@@H]2CCCCN2C(=O)OC(C)(C)C)n1. The van der Waals surface area contributed by atoms with E-state index >= 15 is 0 Å². The standard InChI is InChI=1S/C16H25N3O3S/c1-16(2,3)22-15(20)19-10-6-5-7-12(19)11-21-13-8-9-17-14(18-13)23-4/h8-9,12H,5-7,10-11H2,1-4H3/t12-/m0/s1. The van der Waals surface area contributed by atoms with Crippen LogP contribution in [0.1, 0.15) is 40.0 Å². The molecule has 1 aliphatic heterocycles. The summed E-state index contributed by atoms with van der Waals surface area (Å²) in [6.45, 7) is 6.77. The van der Waals surface area contributed by atoms with Crippen molar-refractivity contribution in [1.29, 1.82) is 0 Å². The molecule has 1 aromatic rings. The predicted molar refractivity (Wildman–Crippen MR) is 89.9 cm³/mol. The van der Waals surface area contributed by atoms with Crippen LogP contribution in [0, 0.1) is 0 Å². The second-order valence-corrected chi connectivity index (χ2v) is 7.29. The summed E-state index contributed by atoms with van der Waals surface area (Å²) in [5.74, 6) is 0.541. The van der Waals surface area contributed by atoms with Gasteiger partial charge in [-0.3, -0.25) is 0 Å². The quantitative estimate of drug-likeness (QED) is 0.619. The lowest BCUT2D eigenvalue weighted by Crippen LogP contribution is -2.48. The number of likely N-dealkylation sites (tertiary alicyclic amines) is 1. The van der Waals surface area contributed by atoms with Crippen LogP contribution in [0.4, 0.5) is 4.79 Å². The highest BCUT2D eigenvalue weighted by atomic mass is 32.2. The number of carbonyl (C=O) groups excluding carboxylic acids is 1. The summed E-state index contributed by atoms with van der Waals surface area (Å²) in [7, 11) is 0. The zero-order chi connectivity index (χ0) is 16.9. The fourth-order valence-corrected chi connectivity index (χ4v) is 2.77. The van der Waals surface area contributed by atoms with Gasteiger partial charge < -0.3 is 14.4 Å². The summed E-state index contributed by atoms with van der Waals surface area (Å²) in [5.41, 5.74) is -0.486. The van der Waals surface area contributed by atoms with Gasteiger partial charge in [-0.15, -0.1) is 0 Å². The molecule has 1 atom stereocenters. The van der Waals surface area contributed by atoms with E-state index in [1.54, 1.807) is 17.2 Å². The molecule has 0 aliphatic carbocycles. The fraction of sp³-hybridized carbons (Fsp3) is 0.688. The van der Waals surface area contributed by atoms with Gasteiger partial charge in [0, 0.05) is 18.8 Å². The number of thioether (sulfide) groups is 1. The zero-order valence-corrected chi connectivity index (χ0v) is 15.1. The van der Waals surface area contributed by atoms with Crippen LogP contribution >= 0.6 is 11.8 Å². The average Bonchev–Trinajstić information content (AvgIpc) is 2.52. The Morgan fingerprint density at radius 3 is 2.91 bits per heavy atom. The summed E-state index contributed by atoms with van der Waals surface area (Å²) < 4.78 is 11.3. The Labute approximate surface area is 142 Å². The topological polar surface area (TPSA) is 64.5 Å². The molecule has 2 rings (SSSR count). The normalized spacial score (nSPS) is 18.6. The highest BCUT2D eigenvalue weighted by Crippen LogP contribution is 2.21. The Morgan fingerprint density at radius 2 is 2.22 bits per heavy atom. The smallest absolute Gasteiger partial charge is 0.410 e. The van der Waals surface area contributed by atoms with Gasteiger partial charge in [0.15, 0.2) is 5.16 Å². The summed E-state index contributed by atoms with van der Waals surface area (Å²) in [6, 6.07) is 1.76. The molecule has 0 bridgehead atoms. The molecular weight excluding hydrogens is 314 g/mol. The van der Waals surface area contributed by atoms with E-state index in [1.165, 1.54) is 11.8 Å². The number of carbonyl (C=O) groups is 1. The molecule has 0 saturated carbocycles. The highest BCUT2D eigenvalue weighted by Gasteiger charge is 2.30. The molecule has 6 nitrogen and oxygen atoms in total. The Morgan fingerprint density at radius 1 is 1.43 bits per heavy atom. The van der Waals surface area contributed by atoms with Gasteiger partial charge in [-0.25, -0.2) is 9.78 Å². The van der Waals surface area contributed by atoms with Crippen LogP contribution in [0.15, 0.2) is 17.4 Å². The number of aromatic nitrogens is 2. The maximum Gasteiger partial charge on any atom is 0.410 e. The van der Waals surface area contributed by atoms with Crippen molar-refractivity contribution in [3.63, 3.8) is 0 Å². The molecule has 1 aliphatic rings. The van der Waals surface area contributed by atoms with Crippen molar-refractivity contribution in [3.05, 3.63) is 12.3 Å². The van der Waals surface area contributed by atoms with Crippen molar-refractivity contribution in [2.24, 2.45) is 0 Å². The third-order valence-corrected chi connectivity index (χ3v) is 4.03. The number of amides is 1. The Hall–Kier alpha value is -1.50. The van der Waals surface area contributed by atoms with Gasteiger partial charge in [0.2, 0.25) is 5.88 Å². The number of rotatable bonds is 4. The van der Waals surface area contributed by atoms with E-state index in [-0.39, 0.29) is 12.1 Å². The lowest BCUT2D eigenvalue weighted by atomic mass is 10.0. The zero-order valence-electron chi connectivity index (χ0n) is 14.2. The van der Waals surface area contributed by atoms with Gasteiger partial charge >= 0.3 is 6.09 Å². The Kier molecular flexibility index (Phi) is 6.10. The molecule has 0 unspecified atom stereocenters. The molecule has 1 fully saturated rings. The maximum atomic E-state index is 12.4. The maximum absolute atomic E-state index is 12.4. The van der Waals surface area contributed by atoms with Gasteiger partial charge in [-0.05, 0) is 46.3 Å². The molecule has 2 heterocycles. The Balaban J connectivity index is 1.96. The summed E-state index contributed by atoms with van der Waals surface area (Å²) in [6.07, 6.45) is 6.34. The lowest BCUT2D eigenvalue weighted by molar-refractivity contribution is 0.00330. The van der Waals surface area contributed by atoms with Gasteiger partial charge in [0.05, 0.1) is 6.04 Å². The van der Waals surface area contributed by atoms with Crippen LogP contribution in [0.5, 0.6) is 5.88 Å². The molecule has 0 spiro atoms. The van der Waals surface area contributed by atoms with E-state index < -0.39 is 5.60 Å². The number of piperidine rings is 1. The largest absolute Gasteiger partial charge is 0.475 e. The van der Waals surface area contributed by atoms with Crippen molar-refractivity contribution >= 4 is 17.9 Å². The first kappa shape index (κ1) is 17.8. The molecule has 1 aromatic heterocycles. The molecule has 128 valence electrons. The molecule has 23 heavy (non-hydrogen) atoms. The van der Waals surface area contributed by atoms with Crippen LogP contribution in [0.25, 0.3) is 0 Å². The first-order valence-electron chi connectivity index (χ1n) is 7.88. The van der Waals surface area contributed by atoms with Crippen LogP contribution in [-0.4, -0.2) is 52.0 Å². The van der Waals surface area contributed by atoms with Crippen molar-refractivity contribution in [2.45, 2.75) is 56.8 Å².